The number of aryl methyl sites for hydroxylation is 1. The van der Waals surface area contributed by atoms with Gasteiger partial charge in [0.2, 0.25) is 0 Å². The number of carbonyl (C=O) groups excluding carboxylic acids is 2. The summed E-state index contributed by atoms with van der Waals surface area (Å²) in [6, 6.07) is 11.9. The van der Waals surface area contributed by atoms with Crippen molar-refractivity contribution in [2.24, 2.45) is 0 Å². The zero-order chi connectivity index (χ0) is 23.5. The second-order valence-corrected chi connectivity index (χ2v) is 8.16. The van der Waals surface area contributed by atoms with Crippen molar-refractivity contribution in [2.45, 2.75) is 13.0 Å². The van der Waals surface area contributed by atoms with Crippen LogP contribution in [0.25, 0.3) is 5.76 Å². The van der Waals surface area contributed by atoms with E-state index in [2.05, 4.69) is 4.90 Å². The van der Waals surface area contributed by atoms with E-state index in [4.69, 9.17) is 4.74 Å². The summed E-state index contributed by atoms with van der Waals surface area (Å²) in [4.78, 5) is 40.2. The highest BCUT2D eigenvalue weighted by molar-refractivity contribution is 6.46. The summed E-state index contributed by atoms with van der Waals surface area (Å²) in [7, 11) is 0. The molecule has 9 heteroatoms. The van der Waals surface area contributed by atoms with Gasteiger partial charge in [0, 0.05) is 43.9 Å². The molecule has 0 spiro atoms. The Morgan fingerprint density at radius 3 is 2.30 bits per heavy atom. The van der Waals surface area contributed by atoms with Crippen molar-refractivity contribution in [3.05, 3.63) is 80.9 Å². The van der Waals surface area contributed by atoms with Crippen LogP contribution < -0.4 is 0 Å². The molecule has 1 amide bonds. The molecule has 0 bridgehead atoms. The van der Waals surface area contributed by atoms with Gasteiger partial charge in [0.25, 0.3) is 17.4 Å². The molecule has 0 aliphatic carbocycles. The Morgan fingerprint density at radius 1 is 1.06 bits per heavy atom. The molecular formula is C24H25N3O6. The summed E-state index contributed by atoms with van der Waals surface area (Å²) in [5, 5.41) is 22.1. The van der Waals surface area contributed by atoms with Gasteiger partial charge in [0.15, 0.2) is 0 Å². The molecule has 2 aliphatic rings. The smallest absolute Gasteiger partial charge is 0.295 e. The van der Waals surface area contributed by atoms with Gasteiger partial charge >= 0.3 is 0 Å². The molecule has 0 unspecified atom stereocenters. The molecule has 2 aliphatic heterocycles. The van der Waals surface area contributed by atoms with Gasteiger partial charge in [0.1, 0.15) is 5.76 Å². The van der Waals surface area contributed by atoms with Gasteiger partial charge in [-0.25, -0.2) is 0 Å². The third-order valence-corrected chi connectivity index (χ3v) is 6.05. The number of ether oxygens (including phenoxy) is 1. The predicted octanol–water partition coefficient (Wildman–Crippen LogP) is 2.66. The van der Waals surface area contributed by atoms with Gasteiger partial charge in [-0.15, -0.1) is 0 Å². The number of Topliss-reactive ketones (excluding diaryl/α,β-unsaturated/α-hetero) is 1. The van der Waals surface area contributed by atoms with E-state index < -0.39 is 22.7 Å². The highest BCUT2D eigenvalue weighted by Crippen LogP contribution is 2.39. The van der Waals surface area contributed by atoms with Gasteiger partial charge in [-0.1, -0.05) is 29.8 Å². The first kappa shape index (κ1) is 22.6. The predicted molar refractivity (Wildman–Crippen MR) is 121 cm³/mol. The quantitative estimate of drug-likeness (QED) is 0.236. The van der Waals surface area contributed by atoms with Crippen LogP contribution in [0.2, 0.25) is 0 Å². The lowest BCUT2D eigenvalue weighted by Gasteiger charge is -2.31. The van der Waals surface area contributed by atoms with Crippen molar-refractivity contribution in [1.82, 2.24) is 9.80 Å². The van der Waals surface area contributed by atoms with Crippen molar-refractivity contribution in [3.63, 3.8) is 0 Å². The Morgan fingerprint density at radius 2 is 1.70 bits per heavy atom. The molecule has 9 nitrogen and oxygen atoms in total. The van der Waals surface area contributed by atoms with Crippen LogP contribution in [-0.4, -0.2) is 70.9 Å². The van der Waals surface area contributed by atoms with Crippen LogP contribution in [0.1, 0.15) is 22.7 Å². The molecule has 2 aromatic carbocycles. The lowest BCUT2D eigenvalue weighted by Crippen LogP contribution is -2.42. The molecule has 172 valence electrons. The number of hydrogen-bond donors (Lipinski definition) is 1. The number of nitro benzene ring substituents is 1. The molecule has 1 N–H and O–H groups in total. The van der Waals surface area contributed by atoms with E-state index in [1.54, 1.807) is 12.1 Å². The van der Waals surface area contributed by atoms with Crippen molar-refractivity contribution < 1.29 is 24.4 Å². The molecule has 0 radical (unpaired) electrons. The molecule has 2 heterocycles. The number of nitro groups is 1. The Balaban J connectivity index is 1.74. The van der Waals surface area contributed by atoms with E-state index in [0.717, 1.165) is 18.7 Å². The Kier molecular flexibility index (Phi) is 6.52. The summed E-state index contributed by atoms with van der Waals surface area (Å²) < 4.78 is 5.36. The van der Waals surface area contributed by atoms with E-state index in [9.17, 15) is 24.8 Å². The molecule has 2 saturated heterocycles. The molecule has 4 rings (SSSR count). The molecule has 0 saturated carbocycles. The summed E-state index contributed by atoms with van der Waals surface area (Å²) in [5.41, 5.74) is 1.83. The van der Waals surface area contributed by atoms with Gasteiger partial charge in [-0.3, -0.25) is 24.6 Å². The number of carbonyl (C=O) groups is 2. The maximum absolute atomic E-state index is 13.1. The zero-order valence-corrected chi connectivity index (χ0v) is 18.3. The third-order valence-electron chi connectivity index (χ3n) is 6.05. The minimum atomic E-state index is -0.840. The molecular weight excluding hydrogens is 426 g/mol. The van der Waals surface area contributed by atoms with Crippen molar-refractivity contribution in [1.29, 1.82) is 0 Å². The molecule has 33 heavy (non-hydrogen) atoms. The van der Waals surface area contributed by atoms with Crippen molar-refractivity contribution >= 4 is 23.1 Å². The lowest BCUT2D eigenvalue weighted by atomic mass is 9.95. The van der Waals surface area contributed by atoms with Gasteiger partial charge in [-0.05, 0) is 24.6 Å². The summed E-state index contributed by atoms with van der Waals surface area (Å²) in [5.74, 6) is -1.72. The van der Waals surface area contributed by atoms with Crippen molar-refractivity contribution in [2.75, 3.05) is 39.4 Å². The monoisotopic (exact) mass is 451 g/mol. The number of likely N-dealkylation sites (tertiary alicyclic amines) is 1. The topological polar surface area (TPSA) is 113 Å². The number of morpholine rings is 1. The summed E-state index contributed by atoms with van der Waals surface area (Å²) in [6.07, 6.45) is 0. The second-order valence-electron chi connectivity index (χ2n) is 8.16. The Hall–Kier alpha value is -3.56. The lowest BCUT2D eigenvalue weighted by molar-refractivity contribution is -0.384. The van der Waals surface area contributed by atoms with Crippen LogP contribution in [0.3, 0.4) is 0 Å². The molecule has 2 fully saturated rings. The number of aliphatic hydroxyl groups is 1. The van der Waals surface area contributed by atoms with Gasteiger partial charge < -0.3 is 14.7 Å². The largest absolute Gasteiger partial charge is 0.507 e. The van der Waals surface area contributed by atoms with Crippen LogP contribution in [0.15, 0.2) is 54.1 Å². The number of amides is 1. The minimum Gasteiger partial charge on any atom is -0.507 e. The zero-order valence-electron chi connectivity index (χ0n) is 18.3. The van der Waals surface area contributed by atoms with E-state index >= 15 is 0 Å². The fourth-order valence-corrected chi connectivity index (χ4v) is 4.18. The molecule has 2 aromatic rings. The standard InChI is InChI=1S/C24H25N3O6/c1-16-2-4-18(5-3-16)22(28)20-21(17-6-8-19(9-7-17)27(31)32)26(24(30)23(20)29)11-10-25-12-14-33-15-13-25/h2-9,21,28H,10-15H2,1H3/b22-20+/t21-/m0/s1. The first-order valence-corrected chi connectivity index (χ1v) is 10.8. The minimum absolute atomic E-state index is 0.0142. The van der Waals surface area contributed by atoms with E-state index in [-0.39, 0.29) is 23.6 Å². The number of ketones is 1. The molecule has 1 atom stereocenters. The first-order valence-electron chi connectivity index (χ1n) is 10.8. The van der Waals surface area contributed by atoms with Crippen LogP contribution in [0, 0.1) is 17.0 Å². The summed E-state index contributed by atoms with van der Waals surface area (Å²) >= 11 is 0. The average molecular weight is 451 g/mol. The maximum Gasteiger partial charge on any atom is 0.295 e. The number of nitrogens with zero attached hydrogens (tertiary/aromatic N) is 3. The number of non-ortho nitro benzene ring substituents is 1. The van der Waals surface area contributed by atoms with Gasteiger partial charge in [-0.2, -0.15) is 0 Å². The van der Waals surface area contributed by atoms with Crippen LogP contribution in [0.5, 0.6) is 0 Å². The Labute approximate surface area is 191 Å². The Bertz CT molecular complexity index is 1090. The number of rotatable bonds is 6. The number of hydrogen-bond acceptors (Lipinski definition) is 7. The summed E-state index contributed by atoms with van der Waals surface area (Å²) in [6.45, 7) is 5.41. The average Bonchev–Trinajstić information content (AvgIpc) is 3.08. The third kappa shape index (κ3) is 4.64. The highest BCUT2D eigenvalue weighted by Gasteiger charge is 2.46. The van der Waals surface area contributed by atoms with E-state index in [1.165, 1.54) is 29.2 Å². The highest BCUT2D eigenvalue weighted by atomic mass is 16.6. The normalized spacial score (nSPS) is 20.9. The van der Waals surface area contributed by atoms with Crippen molar-refractivity contribution in [3.8, 4) is 0 Å². The second kappa shape index (κ2) is 9.51. The molecule has 0 aromatic heterocycles. The first-order chi connectivity index (χ1) is 15.9. The number of benzene rings is 2. The van der Waals surface area contributed by atoms with E-state index in [1.807, 2.05) is 19.1 Å². The van der Waals surface area contributed by atoms with Gasteiger partial charge in [0.05, 0.1) is 29.8 Å². The maximum atomic E-state index is 13.1. The van der Waals surface area contributed by atoms with E-state index in [0.29, 0.717) is 30.9 Å². The fraction of sp³-hybridized carbons (Fsp3) is 0.333. The van der Waals surface area contributed by atoms with Crippen LogP contribution in [0.4, 0.5) is 5.69 Å². The number of aliphatic hydroxyl groups excluding tert-OH is 1. The SMILES string of the molecule is Cc1ccc(/C(O)=C2\C(=O)C(=O)N(CCN3CCOCC3)[C@H]2c2ccc([N+](=O)[O-])cc2)cc1. The fourth-order valence-electron chi connectivity index (χ4n) is 4.18. The van der Waals surface area contributed by atoms with Crippen LogP contribution in [-0.2, 0) is 14.3 Å². The van der Waals surface area contributed by atoms with Crippen LogP contribution >= 0.6 is 0 Å².